The summed E-state index contributed by atoms with van der Waals surface area (Å²) in [5.41, 5.74) is 10.2. The summed E-state index contributed by atoms with van der Waals surface area (Å²) in [6.07, 6.45) is 0. The molecule has 0 saturated heterocycles. The van der Waals surface area contributed by atoms with E-state index in [1.165, 1.54) is 11.6 Å². The van der Waals surface area contributed by atoms with Gasteiger partial charge in [-0.1, -0.05) is 18.2 Å². The van der Waals surface area contributed by atoms with Crippen molar-refractivity contribution in [1.29, 1.82) is 0 Å². The Labute approximate surface area is 118 Å². The second-order valence-electron chi connectivity index (χ2n) is 5.41. The number of hydrogen-bond acceptors (Lipinski definition) is 4. The van der Waals surface area contributed by atoms with E-state index in [9.17, 15) is 10.2 Å². The number of rotatable bonds is 1. The van der Waals surface area contributed by atoms with Crippen molar-refractivity contribution in [2.45, 2.75) is 12.5 Å². The molecule has 0 bridgehead atoms. The van der Waals surface area contributed by atoms with Gasteiger partial charge in [-0.2, -0.15) is 0 Å². The van der Waals surface area contributed by atoms with Crippen LogP contribution in [0.4, 0.5) is 5.69 Å². The van der Waals surface area contributed by atoms with E-state index in [4.69, 9.17) is 5.73 Å². The Morgan fingerprint density at radius 2 is 1.95 bits per heavy atom. The predicted octanol–water partition coefficient (Wildman–Crippen LogP) is 2.26. The second-order valence-corrected chi connectivity index (χ2v) is 5.41. The molecule has 1 aliphatic heterocycles. The quantitative estimate of drug-likeness (QED) is 0.549. The predicted molar refractivity (Wildman–Crippen MR) is 78.8 cm³/mol. The molecular formula is C16H18N2O2. The lowest BCUT2D eigenvalue weighted by molar-refractivity contribution is 0.295. The molecule has 3 rings (SSSR count). The first-order valence-electron chi connectivity index (χ1n) is 6.64. The summed E-state index contributed by atoms with van der Waals surface area (Å²) in [5.74, 6) is -0.0226. The van der Waals surface area contributed by atoms with E-state index in [1.54, 1.807) is 6.07 Å². The molecule has 0 amide bonds. The van der Waals surface area contributed by atoms with Gasteiger partial charge in [0.05, 0.1) is 0 Å². The van der Waals surface area contributed by atoms with Gasteiger partial charge in [0.25, 0.3) is 0 Å². The highest BCUT2D eigenvalue weighted by molar-refractivity contribution is 5.56. The highest BCUT2D eigenvalue weighted by Crippen LogP contribution is 2.38. The average Bonchev–Trinajstić information content (AvgIpc) is 2.42. The first-order chi connectivity index (χ1) is 9.56. The largest absolute Gasteiger partial charge is 0.504 e. The highest BCUT2D eigenvalue weighted by atomic mass is 16.3. The van der Waals surface area contributed by atoms with E-state index >= 15 is 0 Å². The third-order valence-electron chi connectivity index (χ3n) is 3.95. The number of hydrogen-bond donors (Lipinski definition) is 3. The van der Waals surface area contributed by atoms with Gasteiger partial charge in [-0.15, -0.1) is 0 Å². The molecule has 0 spiro atoms. The van der Waals surface area contributed by atoms with E-state index in [0.29, 0.717) is 0 Å². The van der Waals surface area contributed by atoms with E-state index in [0.717, 1.165) is 29.9 Å². The van der Waals surface area contributed by atoms with Crippen LogP contribution in [0.15, 0.2) is 36.4 Å². The molecule has 0 aromatic heterocycles. The second kappa shape index (κ2) is 4.72. The molecule has 0 unspecified atom stereocenters. The minimum Gasteiger partial charge on any atom is -0.504 e. The fraction of sp³-hybridized carbons (Fsp3) is 0.250. The summed E-state index contributed by atoms with van der Waals surface area (Å²) in [6, 6.07) is 11.0. The summed E-state index contributed by atoms with van der Waals surface area (Å²) in [7, 11) is 2.06. The van der Waals surface area contributed by atoms with Crippen LogP contribution >= 0.6 is 0 Å². The maximum atomic E-state index is 9.71. The molecule has 20 heavy (non-hydrogen) atoms. The average molecular weight is 270 g/mol. The van der Waals surface area contributed by atoms with Crippen LogP contribution in [0.3, 0.4) is 0 Å². The Bertz CT molecular complexity index is 655. The van der Waals surface area contributed by atoms with Crippen LogP contribution in [0, 0.1) is 0 Å². The van der Waals surface area contributed by atoms with Crippen molar-refractivity contribution in [3.05, 3.63) is 53.1 Å². The van der Waals surface area contributed by atoms with Gasteiger partial charge >= 0.3 is 0 Å². The molecule has 0 radical (unpaired) electrons. The summed E-state index contributed by atoms with van der Waals surface area (Å²) in [6.45, 7) is 1.70. The number of aromatic hydroxyl groups is 2. The molecule has 104 valence electrons. The Hall–Kier alpha value is -2.20. The number of nitrogens with zero attached hydrogens (tertiary/aromatic N) is 1. The fourth-order valence-corrected chi connectivity index (χ4v) is 2.92. The topological polar surface area (TPSA) is 69.7 Å². The van der Waals surface area contributed by atoms with Crippen molar-refractivity contribution < 1.29 is 10.2 Å². The van der Waals surface area contributed by atoms with E-state index < -0.39 is 0 Å². The molecule has 1 aliphatic rings. The number of fused-ring (bicyclic) bond motifs is 1. The van der Waals surface area contributed by atoms with Crippen LogP contribution in [0.2, 0.25) is 0 Å². The zero-order valence-electron chi connectivity index (χ0n) is 11.4. The maximum absolute atomic E-state index is 9.71. The zero-order chi connectivity index (χ0) is 14.3. The molecule has 4 heteroatoms. The van der Waals surface area contributed by atoms with Gasteiger partial charge in [0, 0.05) is 24.7 Å². The standard InChI is InChI=1S/C16H18N2O2/c1-18-8-12(10-5-6-15(19)16(20)7-10)11-3-2-4-14(17)13(11)9-18/h2-7,12,19-20H,8-9,17H2,1H3/t12-/m0/s1. The van der Waals surface area contributed by atoms with Gasteiger partial charge in [-0.3, -0.25) is 0 Å². The number of anilines is 1. The summed E-state index contributed by atoms with van der Waals surface area (Å²) >= 11 is 0. The van der Waals surface area contributed by atoms with Crippen LogP contribution in [0.25, 0.3) is 0 Å². The van der Waals surface area contributed by atoms with Gasteiger partial charge in [0.1, 0.15) is 0 Å². The first-order valence-corrected chi connectivity index (χ1v) is 6.64. The molecule has 0 fully saturated rings. The Morgan fingerprint density at radius 1 is 1.15 bits per heavy atom. The van der Waals surface area contributed by atoms with Crippen molar-refractivity contribution in [3.8, 4) is 11.5 Å². The van der Waals surface area contributed by atoms with E-state index in [-0.39, 0.29) is 17.4 Å². The van der Waals surface area contributed by atoms with E-state index in [1.807, 2.05) is 18.2 Å². The molecule has 0 saturated carbocycles. The maximum Gasteiger partial charge on any atom is 0.157 e. The van der Waals surface area contributed by atoms with Crippen molar-refractivity contribution >= 4 is 5.69 Å². The van der Waals surface area contributed by atoms with Crippen LogP contribution in [0.5, 0.6) is 11.5 Å². The lowest BCUT2D eigenvalue weighted by Gasteiger charge is -2.33. The van der Waals surface area contributed by atoms with Crippen molar-refractivity contribution in [2.24, 2.45) is 0 Å². The minimum absolute atomic E-state index is 0.0822. The smallest absolute Gasteiger partial charge is 0.157 e. The van der Waals surface area contributed by atoms with Crippen LogP contribution in [-0.4, -0.2) is 28.7 Å². The summed E-state index contributed by atoms with van der Waals surface area (Å²) in [4.78, 5) is 2.22. The SMILES string of the molecule is CN1Cc2c(N)cccc2[C@H](c2ccc(O)c(O)c2)C1. The van der Waals surface area contributed by atoms with Gasteiger partial charge < -0.3 is 20.8 Å². The summed E-state index contributed by atoms with van der Waals surface area (Å²) in [5, 5.41) is 19.2. The fourth-order valence-electron chi connectivity index (χ4n) is 2.92. The normalized spacial score (nSPS) is 18.8. The summed E-state index contributed by atoms with van der Waals surface area (Å²) < 4.78 is 0. The molecular weight excluding hydrogens is 252 g/mol. The van der Waals surface area contributed by atoms with E-state index in [2.05, 4.69) is 18.0 Å². The molecule has 2 aromatic carbocycles. The number of phenols is 2. The Morgan fingerprint density at radius 3 is 2.70 bits per heavy atom. The molecule has 0 aliphatic carbocycles. The monoisotopic (exact) mass is 270 g/mol. The van der Waals surface area contributed by atoms with Crippen molar-refractivity contribution in [2.75, 3.05) is 19.3 Å². The lowest BCUT2D eigenvalue weighted by atomic mass is 9.84. The van der Waals surface area contributed by atoms with Crippen LogP contribution in [-0.2, 0) is 6.54 Å². The lowest BCUT2D eigenvalue weighted by Crippen LogP contribution is -2.31. The number of phenolic OH excluding ortho intramolecular Hbond substituents is 2. The molecule has 4 N–H and O–H groups in total. The van der Waals surface area contributed by atoms with Gasteiger partial charge in [0.2, 0.25) is 0 Å². The molecule has 4 nitrogen and oxygen atoms in total. The number of benzene rings is 2. The third-order valence-corrected chi connectivity index (χ3v) is 3.95. The number of nitrogens with two attached hydrogens (primary N) is 1. The zero-order valence-corrected chi connectivity index (χ0v) is 11.4. The minimum atomic E-state index is -0.0919. The molecule has 1 atom stereocenters. The number of likely N-dealkylation sites (N-methyl/N-ethyl adjacent to an activating group) is 1. The van der Waals surface area contributed by atoms with Crippen molar-refractivity contribution in [1.82, 2.24) is 4.90 Å². The number of nitrogen functional groups attached to an aromatic ring is 1. The van der Waals surface area contributed by atoms with Gasteiger partial charge in [-0.25, -0.2) is 0 Å². The van der Waals surface area contributed by atoms with Gasteiger partial charge in [-0.05, 0) is 41.9 Å². The molecule has 1 heterocycles. The van der Waals surface area contributed by atoms with Crippen LogP contribution in [0.1, 0.15) is 22.6 Å². The Kier molecular flexibility index (Phi) is 3.03. The van der Waals surface area contributed by atoms with Crippen molar-refractivity contribution in [3.63, 3.8) is 0 Å². The Balaban J connectivity index is 2.11. The highest BCUT2D eigenvalue weighted by Gasteiger charge is 2.26. The molecule has 2 aromatic rings. The third kappa shape index (κ3) is 2.08. The van der Waals surface area contributed by atoms with Gasteiger partial charge in [0.15, 0.2) is 11.5 Å². The van der Waals surface area contributed by atoms with Crippen LogP contribution < -0.4 is 5.73 Å². The first kappa shape index (κ1) is 12.8.